The van der Waals surface area contributed by atoms with Gasteiger partial charge in [0.15, 0.2) is 0 Å². The van der Waals surface area contributed by atoms with E-state index in [-0.39, 0.29) is 5.69 Å². The number of amides is 2. The highest BCUT2D eigenvalue weighted by atomic mass is 32.2. The average Bonchev–Trinajstić information content (AvgIpc) is 2.56. The molecule has 0 saturated carbocycles. The number of hydrogen-bond donors (Lipinski definition) is 2. The van der Waals surface area contributed by atoms with Crippen molar-refractivity contribution in [1.82, 2.24) is 0 Å². The highest BCUT2D eigenvalue weighted by molar-refractivity contribution is 8.03. The van der Waals surface area contributed by atoms with E-state index >= 15 is 0 Å². The molecule has 0 aromatic heterocycles. The zero-order chi connectivity index (χ0) is 18.4. The van der Waals surface area contributed by atoms with Gasteiger partial charge < -0.3 is 10.6 Å². The normalized spacial score (nSPS) is 10.6. The molecule has 2 rings (SSSR count). The summed E-state index contributed by atoms with van der Waals surface area (Å²) < 4.78 is 37.4. The van der Waals surface area contributed by atoms with Gasteiger partial charge in [-0.15, -0.1) is 0 Å². The van der Waals surface area contributed by atoms with E-state index in [1.165, 1.54) is 12.1 Å². The van der Waals surface area contributed by atoms with Gasteiger partial charge in [0.05, 0.1) is 5.56 Å². The molecule has 0 aliphatic heterocycles. The van der Waals surface area contributed by atoms with Crippen LogP contribution in [0.5, 0.6) is 0 Å². The minimum Gasteiger partial charge on any atom is -0.318 e. The molecular formula is C16H10F3N3O2S. The zero-order valence-electron chi connectivity index (χ0n) is 12.4. The van der Waals surface area contributed by atoms with Crippen LogP contribution in [0.3, 0.4) is 0 Å². The quantitative estimate of drug-likeness (QED) is 0.492. The second kappa shape index (κ2) is 7.72. The number of thioether (sulfide) groups is 1. The molecule has 0 bridgehead atoms. The van der Waals surface area contributed by atoms with Gasteiger partial charge >= 0.3 is 18.0 Å². The lowest BCUT2D eigenvalue weighted by Crippen LogP contribution is -2.29. The van der Waals surface area contributed by atoms with Crippen molar-refractivity contribution in [1.29, 1.82) is 5.26 Å². The van der Waals surface area contributed by atoms with Gasteiger partial charge in [0, 0.05) is 16.3 Å². The van der Waals surface area contributed by atoms with Crippen LogP contribution in [0, 0.1) is 10.7 Å². The fourth-order valence-electron chi connectivity index (χ4n) is 1.78. The van der Waals surface area contributed by atoms with E-state index in [1.54, 1.807) is 12.1 Å². The Hall–Kier alpha value is -2.99. The molecule has 128 valence electrons. The number of thiocyanates is 1. The molecule has 2 aromatic carbocycles. The number of alkyl halides is 3. The molecule has 0 saturated heterocycles. The first-order valence-corrected chi connectivity index (χ1v) is 7.57. The number of benzene rings is 2. The van der Waals surface area contributed by atoms with Crippen molar-refractivity contribution in [2.75, 3.05) is 10.6 Å². The summed E-state index contributed by atoms with van der Waals surface area (Å²) in [6, 6.07) is 9.95. The van der Waals surface area contributed by atoms with Crippen LogP contribution in [0.4, 0.5) is 24.5 Å². The van der Waals surface area contributed by atoms with Crippen LogP contribution in [0.15, 0.2) is 53.4 Å². The zero-order valence-corrected chi connectivity index (χ0v) is 13.2. The Kier molecular flexibility index (Phi) is 5.67. The molecule has 25 heavy (non-hydrogen) atoms. The lowest BCUT2D eigenvalue weighted by atomic mass is 10.2. The van der Waals surface area contributed by atoms with Crippen molar-refractivity contribution in [3.8, 4) is 5.40 Å². The first kappa shape index (κ1) is 18.4. The van der Waals surface area contributed by atoms with Crippen molar-refractivity contribution in [2.45, 2.75) is 11.1 Å². The Balaban J connectivity index is 1.96. The first-order chi connectivity index (χ1) is 11.8. The predicted octanol–water partition coefficient (Wildman–Crippen LogP) is 3.86. The molecule has 0 radical (unpaired) electrons. The maximum atomic E-state index is 12.5. The van der Waals surface area contributed by atoms with E-state index in [1.807, 2.05) is 5.40 Å². The summed E-state index contributed by atoms with van der Waals surface area (Å²) in [7, 11) is 0. The minimum absolute atomic E-state index is 0.0638. The van der Waals surface area contributed by atoms with Crippen LogP contribution in [-0.2, 0) is 15.8 Å². The molecule has 0 fully saturated rings. The summed E-state index contributed by atoms with van der Waals surface area (Å²) >= 11 is 0.947. The van der Waals surface area contributed by atoms with Gasteiger partial charge in [-0.1, -0.05) is 0 Å². The number of nitriles is 1. The molecule has 2 amide bonds. The number of nitrogens with zero attached hydrogens (tertiary/aromatic N) is 1. The maximum Gasteiger partial charge on any atom is 0.416 e. The van der Waals surface area contributed by atoms with E-state index in [4.69, 9.17) is 5.26 Å². The Bertz CT molecular complexity index is 813. The fraction of sp³-hybridized carbons (Fsp3) is 0.0625. The summed E-state index contributed by atoms with van der Waals surface area (Å²) in [4.78, 5) is 24.2. The van der Waals surface area contributed by atoms with Gasteiger partial charge in [0.1, 0.15) is 5.40 Å². The molecule has 2 aromatic rings. The van der Waals surface area contributed by atoms with Crippen LogP contribution < -0.4 is 10.6 Å². The number of carbonyl (C=O) groups excluding carboxylic acids is 2. The Morgan fingerprint density at radius 3 is 1.72 bits per heavy atom. The van der Waals surface area contributed by atoms with Crippen LogP contribution in [0.25, 0.3) is 0 Å². The third kappa shape index (κ3) is 5.26. The fourth-order valence-corrected chi connectivity index (χ4v) is 2.15. The van der Waals surface area contributed by atoms with Gasteiger partial charge in [-0.3, -0.25) is 9.59 Å². The number of carbonyl (C=O) groups is 2. The number of halogens is 3. The molecule has 0 heterocycles. The van der Waals surface area contributed by atoms with Crippen molar-refractivity contribution in [2.24, 2.45) is 0 Å². The Morgan fingerprint density at radius 2 is 1.32 bits per heavy atom. The summed E-state index contributed by atoms with van der Waals surface area (Å²) in [6.07, 6.45) is -4.48. The number of hydrogen-bond acceptors (Lipinski definition) is 4. The second-order valence-electron chi connectivity index (χ2n) is 4.70. The monoisotopic (exact) mass is 365 g/mol. The minimum atomic E-state index is -4.48. The molecule has 0 unspecified atom stereocenters. The van der Waals surface area contributed by atoms with E-state index in [2.05, 4.69) is 10.6 Å². The van der Waals surface area contributed by atoms with Gasteiger partial charge in [-0.05, 0) is 60.3 Å². The smallest absolute Gasteiger partial charge is 0.318 e. The maximum absolute atomic E-state index is 12.5. The van der Waals surface area contributed by atoms with Gasteiger partial charge in [0.2, 0.25) is 0 Å². The predicted molar refractivity (Wildman–Crippen MR) is 86.6 cm³/mol. The number of rotatable bonds is 3. The van der Waals surface area contributed by atoms with E-state index < -0.39 is 23.6 Å². The van der Waals surface area contributed by atoms with Crippen molar-refractivity contribution in [3.05, 3.63) is 54.1 Å². The molecular weight excluding hydrogens is 355 g/mol. The van der Waals surface area contributed by atoms with Gasteiger partial charge in [-0.25, -0.2) is 0 Å². The van der Waals surface area contributed by atoms with Gasteiger partial charge in [0.25, 0.3) is 0 Å². The second-order valence-corrected chi connectivity index (χ2v) is 5.56. The Labute approximate surface area is 144 Å². The van der Waals surface area contributed by atoms with Gasteiger partial charge in [-0.2, -0.15) is 18.4 Å². The Morgan fingerprint density at radius 1 is 0.880 bits per heavy atom. The van der Waals surface area contributed by atoms with Crippen LogP contribution in [0.2, 0.25) is 0 Å². The third-order valence-electron chi connectivity index (χ3n) is 2.95. The van der Waals surface area contributed by atoms with Crippen molar-refractivity contribution < 1.29 is 22.8 Å². The van der Waals surface area contributed by atoms with Crippen LogP contribution >= 0.6 is 11.8 Å². The molecule has 0 atom stereocenters. The highest BCUT2D eigenvalue weighted by Gasteiger charge is 2.30. The standard InChI is InChI=1S/C16H10F3N3O2S/c17-16(18,19)10-1-3-11(4-2-10)21-14(23)15(24)22-12-5-7-13(8-6-12)25-9-20/h1-8H,(H,21,23)(H,22,24). The summed E-state index contributed by atoms with van der Waals surface area (Å²) in [5, 5.41) is 15.0. The van der Waals surface area contributed by atoms with E-state index in [9.17, 15) is 22.8 Å². The number of nitrogens with one attached hydrogen (secondary N) is 2. The lowest BCUT2D eigenvalue weighted by molar-refractivity contribution is -0.137. The van der Waals surface area contributed by atoms with Crippen LogP contribution in [-0.4, -0.2) is 11.8 Å². The highest BCUT2D eigenvalue weighted by Crippen LogP contribution is 2.29. The largest absolute Gasteiger partial charge is 0.416 e. The lowest BCUT2D eigenvalue weighted by Gasteiger charge is -2.09. The van der Waals surface area contributed by atoms with E-state index in [0.29, 0.717) is 10.6 Å². The molecule has 0 aliphatic carbocycles. The summed E-state index contributed by atoms with van der Waals surface area (Å²) in [6.45, 7) is 0. The average molecular weight is 365 g/mol. The van der Waals surface area contributed by atoms with Crippen molar-refractivity contribution in [3.63, 3.8) is 0 Å². The SMILES string of the molecule is N#CSc1ccc(NC(=O)C(=O)Nc2ccc(C(F)(F)F)cc2)cc1. The third-order valence-corrected chi connectivity index (χ3v) is 3.55. The molecule has 0 spiro atoms. The molecule has 2 N–H and O–H groups in total. The van der Waals surface area contributed by atoms with E-state index in [0.717, 1.165) is 36.0 Å². The van der Waals surface area contributed by atoms with Crippen LogP contribution in [0.1, 0.15) is 5.56 Å². The summed E-state index contributed by atoms with van der Waals surface area (Å²) in [5.41, 5.74) is -0.450. The topological polar surface area (TPSA) is 82.0 Å². The van der Waals surface area contributed by atoms with Crippen molar-refractivity contribution >= 4 is 35.0 Å². The molecule has 9 heteroatoms. The molecule has 5 nitrogen and oxygen atoms in total. The first-order valence-electron chi connectivity index (χ1n) is 6.75. The molecule has 0 aliphatic rings. The number of anilines is 2. The summed E-state index contributed by atoms with van der Waals surface area (Å²) in [5.74, 6) is -1.99.